The molecule has 5 nitrogen and oxygen atoms in total. The summed E-state index contributed by atoms with van der Waals surface area (Å²) in [6.07, 6.45) is 1.51. The first kappa shape index (κ1) is 11.9. The summed E-state index contributed by atoms with van der Waals surface area (Å²) in [7, 11) is 0. The Morgan fingerprint density at radius 2 is 2.17 bits per heavy atom. The highest BCUT2D eigenvalue weighted by atomic mass is 16.2. The van der Waals surface area contributed by atoms with Gasteiger partial charge >= 0.3 is 5.69 Å². The van der Waals surface area contributed by atoms with E-state index in [0.717, 1.165) is 5.56 Å². The fraction of sp³-hybridized carbons (Fsp3) is 0.154. The molecule has 0 radical (unpaired) electrons. The van der Waals surface area contributed by atoms with Gasteiger partial charge in [-0.1, -0.05) is 12.1 Å². The average Bonchev–Trinajstić information content (AvgIpc) is 2.36. The molecule has 0 saturated heterocycles. The first-order valence-corrected chi connectivity index (χ1v) is 5.39. The Labute approximate surface area is 103 Å². The lowest BCUT2D eigenvalue weighted by atomic mass is 10.1. The molecule has 1 aromatic carbocycles. The summed E-state index contributed by atoms with van der Waals surface area (Å²) in [4.78, 5) is 25.1. The molecule has 2 aromatic rings. The van der Waals surface area contributed by atoms with Gasteiger partial charge in [0, 0.05) is 11.8 Å². The molecule has 18 heavy (non-hydrogen) atoms. The van der Waals surface area contributed by atoms with Gasteiger partial charge in [0.05, 0.1) is 18.2 Å². The SMILES string of the molecule is Cc1cn(Cc2cccc(C#N)c2)c(=O)[nH]c1=O. The van der Waals surface area contributed by atoms with Gasteiger partial charge in [0.25, 0.3) is 5.56 Å². The lowest BCUT2D eigenvalue weighted by molar-refractivity contribution is 0.713. The van der Waals surface area contributed by atoms with Crippen LogP contribution in [0.4, 0.5) is 0 Å². The van der Waals surface area contributed by atoms with Crippen LogP contribution in [0.15, 0.2) is 40.1 Å². The van der Waals surface area contributed by atoms with Crippen LogP contribution < -0.4 is 11.2 Å². The lowest BCUT2D eigenvalue weighted by Crippen LogP contribution is -2.31. The van der Waals surface area contributed by atoms with E-state index in [2.05, 4.69) is 4.98 Å². The number of nitrogens with zero attached hydrogens (tertiary/aromatic N) is 2. The normalized spacial score (nSPS) is 10.0. The van der Waals surface area contributed by atoms with Crippen LogP contribution in [0.2, 0.25) is 0 Å². The largest absolute Gasteiger partial charge is 0.328 e. The van der Waals surface area contributed by atoms with Crippen molar-refractivity contribution in [3.05, 3.63) is 68.0 Å². The second kappa shape index (κ2) is 4.72. The van der Waals surface area contributed by atoms with Crippen molar-refractivity contribution in [2.24, 2.45) is 0 Å². The first-order valence-electron chi connectivity index (χ1n) is 5.39. The number of benzene rings is 1. The van der Waals surface area contributed by atoms with E-state index < -0.39 is 5.69 Å². The number of hydrogen-bond acceptors (Lipinski definition) is 3. The average molecular weight is 241 g/mol. The van der Waals surface area contributed by atoms with Crippen molar-refractivity contribution in [2.75, 3.05) is 0 Å². The summed E-state index contributed by atoms with van der Waals surface area (Å²) in [6, 6.07) is 9.05. The zero-order chi connectivity index (χ0) is 13.1. The quantitative estimate of drug-likeness (QED) is 0.843. The van der Waals surface area contributed by atoms with Gasteiger partial charge in [0.1, 0.15) is 0 Å². The third kappa shape index (κ3) is 2.38. The molecule has 1 aromatic heterocycles. The van der Waals surface area contributed by atoms with E-state index >= 15 is 0 Å². The molecular weight excluding hydrogens is 230 g/mol. The molecule has 2 rings (SSSR count). The summed E-state index contributed by atoms with van der Waals surface area (Å²) in [5.41, 5.74) is 1.03. The van der Waals surface area contributed by atoms with Crippen LogP contribution in [0, 0.1) is 18.3 Å². The molecule has 0 bridgehead atoms. The number of H-pyrrole nitrogens is 1. The number of aromatic amines is 1. The number of rotatable bonds is 2. The van der Waals surface area contributed by atoms with E-state index in [4.69, 9.17) is 5.26 Å². The first-order chi connectivity index (χ1) is 8.60. The summed E-state index contributed by atoms with van der Waals surface area (Å²) < 4.78 is 1.41. The van der Waals surface area contributed by atoms with Crippen molar-refractivity contribution in [3.8, 4) is 6.07 Å². The van der Waals surface area contributed by atoms with Crippen LogP contribution in [-0.4, -0.2) is 9.55 Å². The van der Waals surface area contributed by atoms with Gasteiger partial charge in [0.15, 0.2) is 0 Å². The second-order valence-electron chi connectivity index (χ2n) is 4.01. The van der Waals surface area contributed by atoms with Crippen LogP contribution in [0.1, 0.15) is 16.7 Å². The summed E-state index contributed by atoms with van der Waals surface area (Å²) in [5, 5.41) is 8.80. The van der Waals surface area contributed by atoms with Gasteiger partial charge in [-0.05, 0) is 24.6 Å². The number of aryl methyl sites for hydroxylation is 1. The minimum atomic E-state index is -0.451. The Balaban J connectivity index is 2.40. The molecule has 0 unspecified atom stereocenters. The predicted molar refractivity (Wildman–Crippen MR) is 66.3 cm³/mol. The van der Waals surface area contributed by atoms with Gasteiger partial charge in [0.2, 0.25) is 0 Å². The van der Waals surface area contributed by atoms with Crippen LogP contribution >= 0.6 is 0 Å². The van der Waals surface area contributed by atoms with Crippen molar-refractivity contribution in [1.29, 1.82) is 5.26 Å². The number of nitriles is 1. The fourth-order valence-corrected chi connectivity index (χ4v) is 1.67. The molecule has 0 saturated carbocycles. The molecule has 0 fully saturated rings. The molecular formula is C13H11N3O2. The van der Waals surface area contributed by atoms with E-state index in [0.29, 0.717) is 17.7 Å². The van der Waals surface area contributed by atoms with E-state index in [-0.39, 0.29) is 5.56 Å². The monoisotopic (exact) mass is 241 g/mol. The van der Waals surface area contributed by atoms with Gasteiger partial charge < -0.3 is 0 Å². The Morgan fingerprint density at radius 3 is 2.89 bits per heavy atom. The molecule has 0 amide bonds. The third-order valence-electron chi connectivity index (χ3n) is 2.60. The molecule has 0 atom stereocenters. The topological polar surface area (TPSA) is 78.7 Å². The molecule has 0 aliphatic carbocycles. The Kier molecular flexibility index (Phi) is 3.11. The molecule has 1 N–H and O–H groups in total. The van der Waals surface area contributed by atoms with E-state index in [1.165, 1.54) is 10.8 Å². The molecule has 1 heterocycles. The number of hydrogen-bond donors (Lipinski definition) is 1. The van der Waals surface area contributed by atoms with Crippen molar-refractivity contribution in [2.45, 2.75) is 13.5 Å². The van der Waals surface area contributed by atoms with E-state index in [9.17, 15) is 9.59 Å². The predicted octanol–water partition coefficient (Wildman–Crippen LogP) is 0.765. The Hall–Kier alpha value is -2.61. The minimum absolute atomic E-state index is 0.325. The molecule has 90 valence electrons. The summed E-state index contributed by atoms with van der Waals surface area (Å²) >= 11 is 0. The second-order valence-corrected chi connectivity index (χ2v) is 4.01. The maximum absolute atomic E-state index is 11.6. The molecule has 5 heteroatoms. The maximum atomic E-state index is 11.6. The van der Waals surface area contributed by atoms with Crippen molar-refractivity contribution < 1.29 is 0 Å². The van der Waals surface area contributed by atoms with Gasteiger partial charge in [-0.15, -0.1) is 0 Å². The number of aromatic nitrogens is 2. The fourth-order valence-electron chi connectivity index (χ4n) is 1.67. The summed E-state index contributed by atoms with van der Waals surface area (Å²) in [6.45, 7) is 1.96. The van der Waals surface area contributed by atoms with Gasteiger partial charge in [-0.3, -0.25) is 14.3 Å². The van der Waals surface area contributed by atoms with Crippen LogP contribution in [0.5, 0.6) is 0 Å². The van der Waals surface area contributed by atoms with Gasteiger partial charge in [-0.2, -0.15) is 5.26 Å². The van der Waals surface area contributed by atoms with Crippen LogP contribution in [0.25, 0.3) is 0 Å². The highest BCUT2D eigenvalue weighted by molar-refractivity contribution is 5.32. The molecule has 0 aliphatic rings. The highest BCUT2D eigenvalue weighted by Crippen LogP contribution is 2.05. The zero-order valence-corrected chi connectivity index (χ0v) is 9.80. The van der Waals surface area contributed by atoms with Crippen molar-refractivity contribution >= 4 is 0 Å². The van der Waals surface area contributed by atoms with Gasteiger partial charge in [-0.25, -0.2) is 4.79 Å². The van der Waals surface area contributed by atoms with Crippen LogP contribution in [0.3, 0.4) is 0 Å². The highest BCUT2D eigenvalue weighted by Gasteiger charge is 2.02. The summed E-state index contributed by atoms with van der Waals surface area (Å²) in [5.74, 6) is 0. The minimum Gasteiger partial charge on any atom is -0.296 e. The Bertz CT molecular complexity index is 735. The molecule has 0 spiro atoms. The van der Waals surface area contributed by atoms with Crippen LogP contribution in [-0.2, 0) is 6.54 Å². The zero-order valence-electron chi connectivity index (χ0n) is 9.80. The number of nitrogens with one attached hydrogen (secondary N) is 1. The third-order valence-corrected chi connectivity index (χ3v) is 2.60. The maximum Gasteiger partial charge on any atom is 0.328 e. The van der Waals surface area contributed by atoms with Crippen molar-refractivity contribution in [3.63, 3.8) is 0 Å². The molecule has 0 aliphatic heterocycles. The smallest absolute Gasteiger partial charge is 0.296 e. The van der Waals surface area contributed by atoms with E-state index in [1.54, 1.807) is 25.1 Å². The van der Waals surface area contributed by atoms with Crippen molar-refractivity contribution in [1.82, 2.24) is 9.55 Å². The standard InChI is InChI=1S/C13H11N3O2/c1-9-7-16(13(18)15-12(9)17)8-11-4-2-3-10(5-11)6-14/h2-5,7H,8H2,1H3,(H,15,17,18). The Morgan fingerprint density at radius 1 is 1.39 bits per heavy atom. The lowest BCUT2D eigenvalue weighted by Gasteiger charge is -2.06. The van der Waals surface area contributed by atoms with E-state index in [1.807, 2.05) is 12.1 Å².